The molecule has 0 aliphatic heterocycles. The standard InChI is InChI=1S/C20H21N3O3/c1-3-20(24)21-14-19-22-17-9-4-5-10-18(17)23(19)11-12-26-16-8-6-7-15(13-16)25-2/h3-10,13H,1,11-12,14H2,2H3,(H,21,24). The van der Waals surface area contributed by atoms with Gasteiger partial charge >= 0.3 is 0 Å². The molecule has 0 atom stereocenters. The number of para-hydroxylation sites is 2. The van der Waals surface area contributed by atoms with E-state index in [9.17, 15) is 4.79 Å². The molecule has 3 aromatic rings. The van der Waals surface area contributed by atoms with Crippen molar-refractivity contribution in [3.05, 3.63) is 67.0 Å². The lowest BCUT2D eigenvalue weighted by Crippen LogP contribution is -2.23. The van der Waals surface area contributed by atoms with E-state index in [1.165, 1.54) is 6.08 Å². The van der Waals surface area contributed by atoms with Crippen molar-refractivity contribution in [2.45, 2.75) is 13.1 Å². The zero-order valence-corrected chi connectivity index (χ0v) is 14.6. The second-order valence-corrected chi connectivity index (χ2v) is 5.62. The molecule has 26 heavy (non-hydrogen) atoms. The van der Waals surface area contributed by atoms with Crippen LogP contribution >= 0.6 is 0 Å². The molecule has 1 aromatic heterocycles. The number of hydrogen-bond acceptors (Lipinski definition) is 4. The molecule has 2 aromatic carbocycles. The number of amides is 1. The van der Waals surface area contributed by atoms with E-state index in [1.807, 2.05) is 48.5 Å². The van der Waals surface area contributed by atoms with Gasteiger partial charge in [0.05, 0.1) is 31.2 Å². The number of hydrogen-bond donors (Lipinski definition) is 1. The van der Waals surface area contributed by atoms with Gasteiger partial charge in [0.2, 0.25) is 5.91 Å². The quantitative estimate of drug-likeness (QED) is 0.634. The van der Waals surface area contributed by atoms with E-state index in [4.69, 9.17) is 9.47 Å². The summed E-state index contributed by atoms with van der Waals surface area (Å²) in [6.45, 7) is 4.87. The first kappa shape index (κ1) is 17.5. The number of nitrogens with one attached hydrogen (secondary N) is 1. The van der Waals surface area contributed by atoms with Gasteiger partial charge in [-0.2, -0.15) is 0 Å². The van der Waals surface area contributed by atoms with E-state index in [2.05, 4.69) is 21.4 Å². The Morgan fingerprint density at radius 2 is 2.04 bits per heavy atom. The Hall–Kier alpha value is -3.28. The first-order valence-corrected chi connectivity index (χ1v) is 8.32. The maximum absolute atomic E-state index is 11.5. The van der Waals surface area contributed by atoms with Gasteiger partial charge in [-0.25, -0.2) is 4.98 Å². The van der Waals surface area contributed by atoms with E-state index in [1.54, 1.807) is 7.11 Å². The first-order valence-electron chi connectivity index (χ1n) is 8.32. The molecule has 3 rings (SSSR count). The highest BCUT2D eigenvalue weighted by Gasteiger charge is 2.11. The number of fused-ring (bicyclic) bond motifs is 1. The lowest BCUT2D eigenvalue weighted by atomic mass is 10.3. The fraction of sp³-hybridized carbons (Fsp3) is 0.200. The second kappa shape index (κ2) is 8.20. The summed E-state index contributed by atoms with van der Waals surface area (Å²) in [5.41, 5.74) is 1.89. The number of rotatable bonds is 8. The predicted octanol–water partition coefficient (Wildman–Crippen LogP) is 2.93. The van der Waals surface area contributed by atoms with Crippen molar-refractivity contribution >= 4 is 16.9 Å². The number of nitrogens with zero attached hydrogens (tertiary/aromatic N) is 2. The van der Waals surface area contributed by atoms with Crippen LogP contribution in [0, 0.1) is 0 Å². The van der Waals surface area contributed by atoms with Gasteiger partial charge in [0.1, 0.15) is 23.9 Å². The molecule has 134 valence electrons. The lowest BCUT2D eigenvalue weighted by molar-refractivity contribution is -0.116. The molecule has 1 N–H and O–H groups in total. The highest BCUT2D eigenvalue weighted by Crippen LogP contribution is 2.20. The monoisotopic (exact) mass is 351 g/mol. The van der Waals surface area contributed by atoms with Gasteiger partial charge in [-0.15, -0.1) is 0 Å². The third kappa shape index (κ3) is 4.03. The minimum absolute atomic E-state index is 0.226. The Kier molecular flexibility index (Phi) is 5.53. The number of carbonyl (C=O) groups excluding carboxylic acids is 1. The average molecular weight is 351 g/mol. The molecule has 0 aliphatic carbocycles. The van der Waals surface area contributed by atoms with E-state index in [0.29, 0.717) is 19.7 Å². The molecule has 0 saturated carbocycles. The summed E-state index contributed by atoms with van der Waals surface area (Å²) < 4.78 is 13.1. The van der Waals surface area contributed by atoms with Gasteiger partial charge in [-0.3, -0.25) is 4.79 Å². The number of carbonyl (C=O) groups is 1. The molecular weight excluding hydrogens is 330 g/mol. The molecule has 0 spiro atoms. The predicted molar refractivity (Wildman–Crippen MR) is 100 cm³/mol. The van der Waals surface area contributed by atoms with Gasteiger partial charge in [-0.05, 0) is 30.3 Å². The molecular formula is C20H21N3O3. The highest BCUT2D eigenvalue weighted by molar-refractivity contribution is 5.86. The summed E-state index contributed by atoms with van der Waals surface area (Å²) >= 11 is 0. The third-order valence-electron chi connectivity index (χ3n) is 3.96. The second-order valence-electron chi connectivity index (χ2n) is 5.62. The normalized spacial score (nSPS) is 10.5. The van der Waals surface area contributed by atoms with E-state index in [0.717, 1.165) is 28.4 Å². The van der Waals surface area contributed by atoms with Gasteiger partial charge in [-0.1, -0.05) is 24.8 Å². The number of methoxy groups -OCH3 is 1. The van der Waals surface area contributed by atoms with Crippen LogP contribution in [0.2, 0.25) is 0 Å². The van der Waals surface area contributed by atoms with Crippen molar-refractivity contribution in [3.8, 4) is 11.5 Å². The van der Waals surface area contributed by atoms with Gasteiger partial charge in [0.25, 0.3) is 0 Å². The van der Waals surface area contributed by atoms with Crippen LogP contribution in [0.4, 0.5) is 0 Å². The fourth-order valence-electron chi connectivity index (χ4n) is 2.69. The average Bonchev–Trinajstić information content (AvgIpc) is 3.04. The van der Waals surface area contributed by atoms with E-state index >= 15 is 0 Å². The van der Waals surface area contributed by atoms with Crippen LogP contribution in [-0.2, 0) is 17.9 Å². The van der Waals surface area contributed by atoms with Crippen molar-refractivity contribution in [3.63, 3.8) is 0 Å². The van der Waals surface area contributed by atoms with Crippen molar-refractivity contribution < 1.29 is 14.3 Å². The fourth-order valence-corrected chi connectivity index (χ4v) is 2.69. The molecule has 6 nitrogen and oxygen atoms in total. The first-order chi connectivity index (χ1) is 12.7. The minimum Gasteiger partial charge on any atom is -0.497 e. The van der Waals surface area contributed by atoms with Crippen LogP contribution in [0.1, 0.15) is 5.82 Å². The Bertz CT molecular complexity index is 918. The maximum atomic E-state index is 11.5. The van der Waals surface area contributed by atoms with Crippen LogP contribution in [0.15, 0.2) is 61.2 Å². The highest BCUT2D eigenvalue weighted by atomic mass is 16.5. The molecule has 1 amide bonds. The number of ether oxygens (including phenoxy) is 2. The number of imidazole rings is 1. The summed E-state index contributed by atoms with van der Waals surface area (Å²) in [7, 11) is 1.63. The van der Waals surface area contributed by atoms with Crippen molar-refractivity contribution in [2.24, 2.45) is 0 Å². The molecule has 0 bridgehead atoms. The summed E-state index contributed by atoms with van der Waals surface area (Å²) in [4.78, 5) is 16.1. The topological polar surface area (TPSA) is 65.4 Å². The van der Waals surface area contributed by atoms with Crippen molar-refractivity contribution in [1.82, 2.24) is 14.9 Å². The SMILES string of the molecule is C=CC(=O)NCc1nc2ccccc2n1CCOc1cccc(OC)c1. The summed E-state index contributed by atoms with van der Waals surface area (Å²) in [5, 5.41) is 2.78. The van der Waals surface area contributed by atoms with Crippen LogP contribution in [0.5, 0.6) is 11.5 Å². The van der Waals surface area contributed by atoms with E-state index in [-0.39, 0.29) is 5.91 Å². The van der Waals surface area contributed by atoms with Crippen LogP contribution in [0.3, 0.4) is 0 Å². The largest absolute Gasteiger partial charge is 0.497 e. The van der Waals surface area contributed by atoms with Crippen molar-refractivity contribution in [1.29, 1.82) is 0 Å². The maximum Gasteiger partial charge on any atom is 0.243 e. The van der Waals surface area contributed by atoms with Crippen LogP contribution in [-0.4, -0.2) is 29.2 Å². The molecule has 0 radical (unpaired) electrons. The van der Waals surface area contributed by atoms with Crippen molar-refractivity contribution in [2.75, 3.05) is 13.7 Å². The molecule has 6 heteroatoms. The molecule has 0 unspecified atom stereocenters. The Morgan fingerprint density at radius 1 is 1.23 bits per heavy atom. The summed E-state index contributed by atoms with van der Waals surface area (Å²) in [6.07, 6.45) is 1.25. The Balaban J connectivity index is 1.74. The van der Waals surface area contributed by atoms with Crippen LogP contribution in [0.25, 0.3) is 11.0 Å². The van der Waals surface area contributed by atoms with Crippen LogP contribution < -0.4 is 14.8 Å². The number of benzene rings is 2. The van der Waals surface area contributed by atoms with Gasteiger partial charge < -0.3 is 19.4 Å². The number of aromatic nitrogens is 2. The molecule has 1 heterocycles. The lowest BCUT2D eigenvalue weighted by Gasteiger charge is -2.11. The molecule has 0 fully saturated rings. The summed E-state index contributed by atoms with van der Waals surface area (Å²) in [6, 6.07) is 15.4. The smallest absolute Gasteiger partial charge is 0.243 e. The third-order valence-corrected chi connectivity index (χ3v) is 3.96. The Labute approximate surface area is 152 Å². The summed E-state index contributed by atoms with van der Waals surface area (Å²) in [5.74, 6) is 2.05. The van der Waals surface area contributed by atoms with E-state index < -0.39 is 0 Å². The van der Waals surface area contributed by atoms with Gasteiger partial charge in [0.15, 0.2) is 0 Å². The zero-order valence-electron chi connectivity index (χ0n) is 14.6. The minimum atomic E-state index is -0.226. The molecule has 0 aliphatic rings. The zero-order chi connectivity index (χ0) is 18.4. The van der Waals surface area contributed by atoms with Gasteiger partial charge in [0, 0.05) is 6.07 Å². The molecule has 0 saturated heterocycles. The Morgan fingerprint density at radius 3 is 2.85 bits per heavy atom.